The summed E-state index contributed by atoms with van der Waals surface area (Å²) in [7, 11) is 1.80. The summed E-state index contributed by atoms with van der Waals surface area (Å²) in [6.45, 7) is 4.70. The van der Waals surface area contributed by atoms with Gasteiger partial charge in [0.1, 0.15) is 11.0 Å². The van der Waals surface area contributed by atoms with Gasteiger partial charge in [-0.3, -0.25) is 4.79 Å². The average molecular weight is 324 g/mol. The Morgan fingerprint density at radius 2 is 2.29 bits per heavy atom. The van der Waals surface area contributed by atoms with E-state index >= 15 is 0 Å². The summed E-state index contributed by atoms with van der Waals surface area (Å²) in [5.74, 6) is 0.546. The highest BCUT2D eigenvalue weighted by atomic mass is 35.5. The third-order valence-electron chi connectivity index (χ3n) is 3.26. The SMILES string of the molecule is CCNc1cc(C(=O)N(C)C(C)c2cccs2)cc(Cl)n1. The zero-order valence-corrected chi connectivity index (χ0v) is 13.8. The zero-order chi connectivity index (χ0) is 15.4. The molecule has 0 aliphatic carbocycles. The fraction of sp³-hybridized carbons (Fsp3) is 0.333. The molecule has 6 heteroatoms. The van der Waals surface area contributed by atoms with E-state index in [1.54, 1.807) is 35.4 Å². The second-order valence-corrected chi connectivity index (χ2v) is 6.07. The van der Waals surface area contributed by atoms with Gasteiger partial charge in [0, 0.05) is 24.0 Å². The number of pyridine rings is 1. The van der Waals surface area contributed by atoms with Gasteiger partial charge in [-0.25, -0.2) is 4.98 Å². The molecule has 4 nitrogen and oxygen atoms in total. The highest BCUT2D eigenvalue weighted by molar-refractivity contribution is 7.10. The maximum Gasteiger partial charge on any atom is 0.254 e. The number of halogens is 1. The van der Waals surface area contributed by atoms with Gasteiger partial charge in [0.15, 0.2) is 0 Å². The largest absolute Gasteiger partial charge is 0.370 e. The summed E-state index contributed by atoms with van der Waals surface area (Å²) >= 11 is 7.64. The Balaban J connectivity index is 2.22. The lowest BCUT2D eigenvalue weighted by Crippen LogP contribution is -2.29. The van der Waals surface area contributed by atoms with Crippen molar-refractivity contribution in [1.29, 1.82) is 0 Å². The number of aromatic nitrogens is 1. The van der Waals surface area contributed by atoms with Crippen LogP contribution in [0.2, 0.25) is 5.15 Å². The van der Waals surface area contributed by atoms with E-state index in [4.69, 9.17) is 11.6 Å². The van der Waals surface area contributed by atoms with Crippen LogP contribution in [-0.4, -0.2) is 29.4 Å². The Morgan fingerprint density at radius 1 is 1.52 bits per heavy atom. The molecule has 0 aliphatic rings. The van der Waals surface area contributed by atoms with Crippen molar-refractivity contribution in [3.8, 4) is 0 Å². The third-order valence-corrected chi connectivity index (χ3v) is 4.49. The number of hydrogen-bond acceptors (Lipinski definition) is 4. The predicted octanol–water partition coefficient (Wildman–Crippen LogP) is 4.06. The lowest BCUT2D eigenvalue weighted by molar-refractivity contribution is 0.0745. The van der Waals surface area contributed by atoms with Crippen molar-refractivity contribution < 1.29 is 4.79 Å². The molecule has 1 amide bonds. The number of amides is 1. The van der Waals surface area contributed by atoms with E-state index in [9.17, 15) is 4.79 Å². The summed E-state index contributed by atoms with van der Waals surface area (Å²) < 4.78 is 0. The van der Waals surface area contributed by atoms with Crippen molar-refractivity contribution in [3.63, 3.8) is 0 Å². The van der Waals surface area contributed by atoms with E-state index in [0.29, 0.717) is 16.5 Å². The molecule has 2 rings (SSSR count). The molecule has 1 N–H and O–H groups in total. The van der Waals surface area contributed by atoms with Crippen molar-refractivity contribution in [2.75, 3.05) is 18.9 Å². The maximum absolute atomic E-state index is 12.6. The molecule has 0 spiro atoms. The van der Waals surface area contributed by atoms with E-state index in [1.165, 1.54) is 0 Å². The summed E-state index contributed by atoms with van der Waals surface area (Å²) in [4.78, 5) is 19.6. The monoisotopic (exact) mass is 323 g/mol. The Kier molecular flexibility index (Phi) is 5.20. The maximum atomic E-state index is 12.6. The predicted molar refractivity (Wildman–Crippen MR) is 88.2 cm³/mol. The number of carbonyl (C=O) groups is 1. The summed E-state index contributed by atoms with van der Waals surface area (Å²) in [6.07, 6.45) is 0. The van der Waals surface area contributed by atoms with Crippen molar-refractivity contribution >= 4 is 34.7 Å². The molecule has 1 atom stereocenters. The average Bonchev–Trinajstić information content (AvgIpc) is 2.98. The van der Waals surface area contributed by atoms with Gasteiger partial charge in [-0.2, -0.15) is 0 Å². The zero-order valence-electron chi connectivity index (χ0n) is 12.3. The molecular formula is C15H18ClN3OS. The van der Waals surface area contributed by atoms with Gasteiger partial charge in [0.05, 0.1) is 6.04 Å². The lowest BCUT2D eigenvalue weighted by atomic mass is 10.2. The number of hydrogen-bond donors (Lipinski definition) is 1. The van der Waals surface area contributed by atoms with Crippen LogP contribution >= 0.6 is 22.9 Å². The van der Waals surface area contributed by atoms with Crippen LogP contribution in [0.3, 0.4) is 0 Å². The van der Waals surface area contributed by atoms with Gasteiger partial charge in [-0.15, -0.1) is 11.3 Å². The molecule has 0 aliphatic heterocycles. The summed E-state index contributed by atoms with van der Waals surface area (Å²) in [5, 5.41) is 5.40. The Labute approximate surface area is 133 Å². The van der Waals surface area contributed by atoms with Gasteiger partial charge in [0.2, 0.25) is 0 Å². The molecule has 0 radical (unpaired) electrons. The summed E-state index contributed by atoms with van der Waals surface area (Å²) in [5.41, 5.74) is 0.539. The van der Waals surface area contributed by atoms with Crippen LogP contribution < -0.4 is 5.32 Å². The first-order valence-electron chi connectivity index (χ1n) is 6.75. The molecule has 0 saturated heterocycles. The van der Waals surface area contributed by atoms with Crippen molar-refractivity contribution in [3.05, 3.63) is 45.2 Å². The van der Waals surface area contributed by atoms with Gasteiger partial charge < -0.3 is 10.2 Å². The quantitative estimate of drug-likeness (QED) is 0.844. The topological polar surface area (TPSA) is 45.2 Å². The highest BCUT2D eigenvalue weighted by Crippen LogP contribution is 2.25. The minimum Gasteiger partial charge on any atom is -0.370 e. The molecule has 1 unspecified atom stereocenters. The van der Waals surface area contributed by atoms with Gasteiger partial charge in [0.25, 0.3) is 5.91 Å². The first kappa shape index (κ1) is 15.8. The number of nitrogens with zero attached hydrogens (tertiary/aromatic N) is 2. The Bertz CT molecular complexity index is 615. The minimum absolute atomic E-state index is 0.0204. The van der Waals surface area contributed by atoms with Crippen LogP contribution in [0.4, 0.5) is 5.82 Å². The van der Waals surface area contributed by atoms with Gasteiger partial charge in [-0.05, 0) is 37.4 Å². The first-order chi connectivity index (χ1) is 10.0. The molecular weight excluding hydrogens is 306 g/mol. The van der Waals surface area contributed by atoms with Crippen molar-refractivity contribution in [2.45, 2.75) is 19.9 Å². The minimum atomic E-state index is -0.0700. The molecule has 2 aromatic heterocycles. The number of carbonyl (C=O) groups excluding carboxylic acids is 1. The van der Waals surface area contributed by atoms with Gasteiger partial charge >= 0.3 is 0 Å². The molecule has 2 heterocycles. The van der Waals surface area contributed by atoms with Crippen molar-refractivity contribution in [1.82, 2.24) is 9.88 Å². The van der Waals surface area contributed by atoms with E-state index < -0.39 is 0 Å². The van der Waals surface area contributed by atoms with E-state index in [-0.39, 0.29) is 11.9 Å². The van der Waals surface area contributed by atoms with Crippen LogP contribution in [0.1, 0.15) is 35.1 Å². The smallest absolute Gasteiger partial charge is 0.254 e. The van der Waals surface area contributed by atoms with Crippen LogP contribution in [0, 0.1) is 0 Å². The number of anilines is 1. The van der Waals surface area contributed by atoms with Gasteiger partial charge in [-0.1, -0.05) is 17.7 Å². The number of rotatable bonds is 5. The fourth-order valence-electron chi connectivity index (χ4n) is 1.99. The highest BCUT2D eigenvalue weighted by Gasteiger charge is 2.20. The summed E-state index contributed by atoms with van der Waals surface area (Å²) in [6, 6.07) is 7.37. The van der Waals surface area contributed by atoms with Crippen LogP contribution in [0.15, 0.2) is 29.6 Å². The van der Waals surface area contributed by atoms with Crippen molar-refractivity contribution in [2.24, 2.45) is 0 Å². The molecule has 112 valence electrons. The molecule has 21 heavy (non-hydrogen) atoms. The number of thiophene rings is 1. The Morgan fingerprint density at radius 3 is 2.90 bits per heavy atom. The second-order valence-electron chi connectivity index (χ2n) is 4.70. The van der Waals surface area contributed by atoms with E-state index in [2.05, 4.69) is 10.3 Å². The third kappa shape index (κ3) is 3.74. The fourth-order valence-corrected chi connectivity index (χ4v) is 3.03. The van der Waals surface area contributed by atoms with Crippen LogP contribution in [0.25, 0.3) is 0 Å². The first-order valence-corrected chi connectivity index (χ1v) is 8.00. The normalized spacial score (nSPS) is 12.0. The molecule has 2 aromatic rings. The molecule has 0 fully saturated rings. The lowest BCUT2D eigenvalue weighted by Gasteiger charge is -2.24. The standard InChI is InChI=1S/C15H18ClN3OS/c1-4-17-14-9-11(8-13(16)18-14)15(20)19(3)10(2)12-6-5-7-21-12/h5-10H,4H2,1-3H3,(H,17,18). The van der Waals surface area contributed by atoms with E-state index in [0.717, 1.165) is 11.4 Å². The van der Waals surface area contributed by atoms with E-state index in [1.807, 2.05) is 31.4 Å². The second kappa shape index (κ2) is 6.91. The molecule has 0 aromatic carbocycles. The molecule has 0 saturated carbocycles. The van der Waals surface area contributed by atoms with Crippen LogP contribution in [0.5, 0.6) is 0 Å². The number of nitrogens with one attached hydrogen (secondary N) is 1. The molecule has 0 bridgehead atoms. The van der Waals surface area contributed by atoms with Crippen LogP contribution in [-0.2, 0) is 0 Å². The Hall–Kier alpha value is -1.59.